The number of ether oxygens (including phenoxy) is 1. The number of rotatable bonds is 5. The van der Waals surface area contributed by atoms with Gasteiger partial charge in [0.15, 0.2) is 0 Å². The van der Waals surface area contributed by atoms with Crippen molar-refractivity contribution in [1.82, 2.24) is 9.88 Å². The van der Waals surface area contributed by atoms with Gasteiger partial charge < -0.3 is 9.30 Å². The molecule has 1 unspecified atom stereocenters. The molecule has 29 heavy (non-hydrogen) atoms. The lowest BCUT2D eigenvalue weighted by Gasteiger charge is -2.18. The van der Waals surface area contributed by atoms with Crippen LogP contribution in [0.1, 0.15) is 28.4 Å². The molecule has 0 aliphatic rings. The molecule has 0 radical (unpaired) electrons. The topological polar surface area (TPSA) is 43.3 Å². The lowest BCUT2D eigenvalue weighted by molar-refractivity contribution is -0.143. The first-order valence-electron chi connectivity index (χ1n) is 8.75. The van der Waals surface area contributed by atoms with Crippen LogP contribution in [-0.4, -0.2) is 17.6 Å². The monoisotopic (exact) mass is 426 g/mol. The first kappa shape index (κ1) is 22.8. The molecule has 3 rings (SSSR count). The Morgan fingerprint density at radius 3 is 2.52 bits per heavy atom. The Balaban J connectivity index is 0.00000300. The average molecular weight is 427 g/mol. The summed E-state index contributed by atoms with van der Waals surface area (Å²) < 4.78 is 45.8. The number of aryl methyl sites for hydroxylation is 1. The number of methoxy groups -OCH3 is 1. The minimum atomic E-state index is -4.41. The molecule has 0 fully saturated rings. The molecule has 0 aliphatic carbocycles. The van der Waals surface area contributed by atoms with Crippen LogP contribution in [-0.2, 0) is 29.3 Å². The summed E-state index contributed by atoms with van der Waals surface area (Å²) in [6.45, 7) is 1.99. The maximum atomic E-state index is 12.9. The zero-order chi connectivity index (χ0) is 20.5. The lowest BCUT2D eigenvalue weighted by atomic mass is 10.0. The van der Waals surface area contributed by atoms with Gasteiger partial charge in [0.2, 0.25) is 0 Å². The third-order valence-electron chi connectivity index (χ3n) is 4.94. The van der Waals surface area contributed by atoms with Gasteiger partial charge in [-0.15, -0.1) is 12.4 Å². The molecular formula is C21H22ClF3N2O2. The van der Waals surface area contributed by atoms with E-state index in [1.807, 2.05) is 42.8 Å². The number of hydrogen-bond donors (Lipinski definition) is 1. The maximum absolute atomic E-state index is 12.9. The predicted molar refractivity (Wildman–Crippen MR) is 108 cm³/mol. The number of aromatic nitrogens is 1. The summed E-state index contributed by atoms with van der Waals surface area (Å²) >= 11 is 0. The van der Waals surface area contributed by atoms with Crippen molar-refractivity contribution in [2.45, 2.75) is 25.7 Å². The molecule has 1 N–H and O–H groups in total. The second-order valence-electron chi connectivity index (χ2n) is 6.61. The van der Waals surface area contributed by atoms with E-state index in [2.05, 4.69) is 5.32 Å². The largest absolute Gasteiger partial charge is 0.468 e. The molecule has 0 aliphatic heterocycles. The van der Waals surface area contributed by atoms with Crippen LogP contribution in [0.3, 0.4) is 0 Å². The molecule has 0 amide bonds. The van der Waals surface area contributed by atoms with Gasteiger partial charge in [0, 0.05) is 35.8 Å². The van der Waals surface area contributed by atoms with Crippen molar-refractivity contribution in [3.05, 3.63) is 70.9 Å². The van der Waals surface area contributed by atoms with Gasteiger partial charge >= 0.3 is 12.1 Å². The highest BCUT2D eigenvalue weighted by molar-refractivity contribution is 5.91. The molecule has 0 saturated heterocycles. The van der Waals surface area contributed by atoms with E-state index < -0.39 is 23.8 Å². The predicted octanol–water partition coefficient (Wildman–Crippen LogP) is 4.93. The van der Waals surface area contributed by atoms with E-state index >= 15 is 0 Å². The zero-order valence-electron chi connectivity index (χ0n) is 16.2. The number of carbonyl (C=O) groups is 1. The quantitative estimate of drug-likeness (QED) is 0.588. The minimum Gasteiger partial charge on any atom is -0.468 e. The number of para-hydroxylation sites is 1. The van der Waals surface area contributed by atoms with Crippen molar-refractivity contribution in [2.24, 2.45) is 7.05 Å². The Morgan fingerprint density at radius 2 is 1.86 bits per heavy atom. The van der Waals surface area contributed by atoms with Gasteiger partial charge in [0.25, 0.3) is 0 Å². The highest BCUT2D eigenvalue weighted by Crippen LogP contribution is 2.32. The fraction of sp³-hybridized carbons (Fsp3) is 0.286. The Morgan fingerprint density at radius 1 is 1.17 bits per heavy atom. The molecular weight excluding hydrogens is 405 g/mol. The molecule has 0 saturated carbocycles. The fourth-order valence-electron chi connectivity index (χ4n) is 3.41. The highest BCUT2D eigenvalue weighted by Gasteiger charge is 2.31. The van der Waals surface area contributed by atoms with E-state index in [9.17, 15) is 18.0 Å². The van der Waals surface area contributed by atoms with Gasteiger partial charge in [-0.05, 0) is 24.6 Å². The number of halogens is 4. The molecule has 4 nitrogen and oxygen atoms in total. The van der Waals surface area contributed by atoms with E-state index in [1.54, 1.807) is 6.07 Å². The van der Waals surface area contributed by atoms with Crippen LogP contribution < -0.4 is 5.32 Å². The molecule has 0 bridgehead atoms. The first-order chi connectivity index (χ1) is 13.2. The molecule has 0 spiro atoms. The number of hydrogen-bond acceptors (Lipinski definition) is 3. The Labute approximate surface area is 173 Å². The Kier molecular flexibility index (Phi) is 6.97. The number of nitrogens with zero attached hydrogens (tertiary/aromatic N) is 1. The molecule has 3 aromatic rings. The minimum absolute atomic E-state index is 0. The van der Waals surface area contributed by atoms with E-state index in [4.69, 9.17) is 4.74 Å². The molecule has 8 heteroatoms. The molecule has 2 aromatic carbocycles. The number of alkyl halides is 3. The van der Waals surface area contributed by atoms with Crippen LogP contribution in [0.25, 0.3) is 10.9 Å². The fourth-order valence-corrected chi connectivity index (χ4v) is 3.41. The maximum Gasteiger partial charge on any atom is 0.416 e. The van der Waals surface area contributed by atoms with Gasteiger partial charge in [0.05, 0.1) is 12.7 Å². The van der Waals surface area contributed by atoms with Crippen LogP contribution in [0, 0.1) is 6.92 Å². The number of esters is 1. The Bertz CT molecular complexity index is 1010. The third kappa shape index (κ3) is 4.57. The van der Waals surface area contributed by atoms with Crippen molar-refractivity contribution >= 4 is 29.3 Å². The summed E-state index contributed by atoms with van der Waals surface area (Å²) in [6, 6.07) is 11.9. The Hall–Kier alpha value is -2.51. The lowest BCUT2D eigenvalue weighted by Crippen LogP contribution is -2.30. The second-order valence-corrected chi connectivity index (χ2v) is 6.61. The normalized spacial score (nSPS) is 12.5. The molecule has 1 atom stereocenters. The SMILES string of the molecule is COC(=O)C(NCc1cccc(C(F)(F)F)c1)c1c(C)n(C)c2ccccc12.Cl. The summed E-state index contributed by atoms with van der Waals surface area (Å²) in [5.74, 6) is -0.494. The van der Waals surface area contributed by atoms with Crippen LogP contribution in [0.2, 0.25) is 0 Å². The number of benzene rings is 2. The number of nitrogens with one attached hydrogen (secondary N) is 1. The van der Waals surface area contributed by atoms with Gasteiger partial charge in [0.1, 0.15) is 6.04 Å². The van der Waals surface area contributed by atoms with Gasteiger partial charge in [-0.2, -0.15) is 13.2 Å². The second kappa shape index (κ2) is 8.88. The molecule has 1 aromatic heterocycles. The van der Waals surface area contributed by atoms with Gasteiger partial charge in [-0.1, -0.05) is 36.4 Å². The summed E-state index contributed by atoms with van der Waals surface area (Å²) in [5, 5.41) is 3.97. The molecule has 156 valence electrons. The van der Waals surface area contributed by atoms with Gasteiger partial charge in [-0.3, -0.25) is 5.32 Å². The number of fused-ring (bicyclic) bond motifs is 1. The smallest absolute Gasteiger partial charge is 0.416 e. The van der Waals surface area contributed by atoms with Crippen molar-refractivity contribution in [1.29, 1.82) is 0 Å². The molecule has 1 heterocycles. The van der Waals surface area contributed by atoms with Crippen LogP contribution in [0.4, 0.5) is 13.2 Å². The zero-order valence-corrected chi connectivity index (χ0v) is 17.0. The van der Waals surface area contributed by atoms with Crippen LogP contribution >= 0.6 is 12.4 Å². The van der Waals surface area contributed by atoms with Crippen LogP contribution in [0.15, 0.2) is 48.5 Å². The van der Waals surface area contributed by atoms with E-state index in [-0.39, 0.29) is 19.0 Å². The first-order valence-corrected chi connectivity index (χ1v) is 8.75. The van der Waals surface area contributed by atoms with Gasteiger partial charge in [-0.25, -0.2) is 4.79 Å². The van der Waals surface area contributed by atoms with E-state index in [0.717, 1.165) is 34.3 Å². The number of carbonyl (C=O) groups excluding carboxylic acids is 1. The summed E-state index contributed by atoms with van der Waals surface area (Å²) in [6.07, 6.45) is -4.41. The van der Waals surface area contributed by atoms with Crippen molar-refractivity contribution in [2.75, 3.05) is 7.11 Å². The van der Waals surface area contributed by atoms with Crippen molar-refractivity contribution in [3.8, 4) is 0 Å². The van der Waals surface area contributed by atoms with Crippen LogP contribution in [0.5, 0.6) is 0 Å². The van der Waals surface area contributed by atoms with Crippen molar-refractivity contribution in [3.63, 3.8) is 0 Å². The summed E-state index contributed by atoms with van der Waals surface area (Å²) in [7, 11) is 3.20. The van der Waals surface area contributed by atoms with E-state index in [0.29, 0.717) is 5.56 Å². The third-order valence-corrected chi connectivity index (χ3v) is 4.94. The standard InChI is InChI=1S/C21H21F3N2O2.ClH/c1-13-18(16-9-4-5-10-17(16)26(13)2)19(20(27)28-3)25-12-14-7-6-8-15(11-14)21(22,23)24;/h4-11,19,25H,12H2,1-3H3;1H. The average Bonchev–Trinajstić information content (AvgIpc) is 2.93. The van der Waals surface area contributed by atoms with Crippen molar-refractivity contribution < 1.29 is 22.7 Å². The highest BCUT2D eigenvalue weighted by atomic mass is 35.5. The summed E-state index contributed by atoms with van der Waals surface area (Å²) in [5.41, 5.74) is 2.32. The van der Waals surface area contributed by atoms with E-state index in [1.165, 1.54) is 13.2 Å². The summed E-state index contributed by atoms with van der Waals surface area (Å²) in [4.78, 5) is 12.5.